The van der Waals surface area contributed by atoms with Gasteiger partial charge in [-0.3, -0.25) is 9.59 Å². The summed E-state index contributed by atoms with van der Waals surface area (Å²) in [4.78, 5) is 25.5. The van der Waals surface area contributed by atoms with E-state index < -0.39 is 0 Å². The third kappa shape index (κ3) is 3.19. The first-order valence-corrected chi connectivity index (χ1v) is 6.84. The summed E-state index contributed by atoms with van der Waals surface area (Å²) in [6, 6.07) is 1.38. The van der Waals surface area contributed by atoms with E-state index in [0.29, 0.717) is 19.5 Å². The molecule has 1 aliphatic heterocycles. The molecule has 0 bridgehead atoms. The first kappa shape index (κ1) is 15.0. The summed E-state index contributed by atoms with van der Waals surface area (Å²) in [6.45, 7) is 0.865. The Hall–Kier alpha value is -1.40. The Kier molecular flexibility index (Phi) is 4.77. The van der Waals surface area contributed by atoms with Crippen molar-refractivity contribution in [3.8, 4) is 0 Å². The minimum Gasteiger partial charge on any atom is -0.469 e. The molecule has 2 heterocycles. The zero-order valence-corrected chi connectivity index (χ0v) is 12.3. The lowest BCUT2D eigenvalue weighted by molar-refractivity contribution is -0.146. The van der Waals surface area contributed by atoms with Gasteiger partial charge in [0.2, 0.25) is 0 Å². The fourth-order valence-corrected chi connectivity index (χ4v) is 2.51. The second kappa shape index (κ2) is 6.37. The number of aromatic nitrogens is 2. The van der Waals surface area contributed by atoms with Crippen LogP contribution in [0.5, 0.6) is 0 Å². The number of hydrogen-bond acceptors (Lipinski definition) is 5. The summed E-state index contributed by atoms with van der Waals surface area (Å²) < 4.78 is 4.72. The molecule has 1 aromatic heterocycles. The van der Waals surface area contributed by atoms with Gasteiger partial charge in [0, 0.05) is 13.1 Å². The lowest BCUT2D eigenvalue weighted by atomic mass is 9.98. The van der Waals surface area contributed by atoms with E-state index in [0.717, 1.165) is 6.42 Å². The van der Waals surface area contributed by atoms with Gasteiger partial charge in [-0.25, -0.2) is 0 Å². The van der Waals surface area contributed by atoms with Crippen molar-refractivity contribution in [1.29, 1.82) is 0 Å². The smallest absolute Gasteiger partial charge is 0.310 e. The van der Waals surface area contributed by atoms with Crippen molar-refractivity contribution in [2.24, 2.45) is 5.92 Å². The van der Waals surface area contributed by atoms with Crippen LogP contribution in [0.2, 0.25) is 10.3 Å². The van der Waals surface area contributed by atoms with Gasteiger partial charge in [0.1, 0.15) is 0 Å². The van der Waals surface area contributed by atoms with Gasteiger partial charge in [-0.15, -0.1) is 10.2 Å². The third-order valence-electron chi connectivity index (χ3n) is 3.19. The predicted octanol–water partition coefficient (Wildman–Crippen LogP) is 1.81. The van der Waals surface area contributed by atoms with Crippen molar-refractivity contribution in [3.05, 3.63) is 21.9 Å². The van der Waals surface area contributed by atoms with Crippen molar-refractivity contribution in [3.63, 3.8) is 0 Å². The van der Waals surface area contributed by atoms with E-state index in [9.17, 15) is 9.59 Å². The molecule has 1 atom stereocenters. The highest BCUT2D eigenvalue weighted by molar-refractivity contribution is 6.34. The van der Waals surface area contributed by atoms with Crippen LogP contribution in [0.1, 0.15) is 23.2 Å². The number of piperidine rings is 1. The van der Waals surface area contributed by atoms with Crippen LogP contribution in [0, 0.1) is 5.92 Å². The summed E-state index contributed by atoms with van der Waals surface area (Å²) in [5.74, 6) is -0.915. The van der Waals surface area contributed by atoms with Gasteiger partial charge < -0.3 is 9.64 Å². The van der Waals surface area contributed by atoms with Gasteiger partial charge in [-0.05, 0) is 18.9 Å². The normalized spacial score (nSPS) is 18.8. The SMILES string of the molecule is COC(=O)[C@H]1CCCN(C(=O)c2cc(Cl)nnc2Cl)C1. The molecule has 0 aliphatic carbocycles. The highest BCUT2D eigenvalue weighted by Crippen LogP contribution is 2.22. The number of hydrogen-bond donors (Lipinski definition) is 0. The molecule has 1 aliphatic rings. The van der Waals surface area contributed by atoms with Gasteiger partial charge in [0.05, 0.1) is 18.6 Å². The number of carbonyl (C=O) groups excluding carboxylic acids is 2. The van der Waals surface area contributed by atoms with Crippen LogP contribution < -0.4 is 0 Å². The third-order valence-corrected chi connectivity index (χ3v) is 3.66. The summed E-state index contributed by atoms with van der Waals surface area (Å²) in [5, 5.41) is 7.27. The van der Waals surface area contributed by atoms with Gasteiger partial charge in [0.15, 0.2) is 10.3 Å². The number of likely N-dealkylation sites (tertiary alicyclic amines) is 1. The second-order valence-corrected chi connectivity index (χ2v) is 5.23. The molecule has 0 unspecified atom stereocenters. The molecule has 0 radical (unpaired) electrons. The molecule has 0 saturated carbocycles. The molecule has 2 rings (SSSR count). The molecular formula is C12H13Cl2N3O3. The Labute approximate surface area is 126 Å². The molecule has 0 N–H and O–H groups in total. The highest BCUT2D eigenvalue weighted by Gasteiger charge is 2.30. The molecule has 108 valence electrons. The standard InChI is InChI=1S/C12H13Cl2N3O3/c1-20-12(19)7-3-2-4-17(6-7)11(18)8-5-9(13)15-16-10(8)14/h5,7H,2-4,6H2,1H3/t7-/m0/s1. The Morgan fingerprint density at radius 3 is 2.85 bits per heavy atom. The molecule has 1 amide bonds. The summed E-state index contributed by atoms with van der Waals surface area (Å²) >= 11 is 11.6. The first-order chi connectivity index (χ1) is 9.52. The van der Waals surface area contributed by atoms with Crippen molar-refractivity contribution in [1.82, 2.24) is 15.1 Å². The monoisotopic (exact) mass is 317 g/mol. The number of halogens is 2. The van der Waals surface area contributed by atoms with Crippen molar-refractivity contribution < 1.29 is 14.3 Å². The van der Waals surface area contributed by atoms with Crippen LogP contribution in [0.15, 0.2) is 6.07 Å². The number of methoxy groups -OCH3 is 1. The molecule has 8 heteroatoms. The molecule has 1 aromatic rings. The number of amides is 1. The average molecular weight is 318 g/mol. The van der Waals surface area contributed by atoms with Gasteiger partial charge in [-0.1, -0.05) is 23.2 Å². The molecule has 0 aromatic carbocycles. The zero-order valence-electron chi connectivity index (χ0n) is 10.8. The molecule has 0 spiro atoms. The predicted molar refractivity (Wildman–Crippen MR) is 72.7 cm³/mol. The van der Waals surface area contributed by atoms with Gasteiger partial charge in [0.25, 0.3) is 5.91 Å². The van der Waals surface area contributed by atoms with E-state index in [1.54, 1.807) is 4.90 Å². The van der Waals surface area contributed by atoms with Crippen LogP contribution in [0.3, 0.4) is 0 Å². The number of nitrogens with zero attached hydrogens (tertiary/aromatic N) is 3. The lowest BCUT2D eigenvalue weighted by Crippen LogP contribution is -2.42. The maximum Gasteiger partial charge on any atom is 0.310 e. The van der Waals surface area contributed by atoms with E-state index in [2.05, 4.69) is 10.2 Å². The number of ether oxygens (including phenoxy) is 1. The minimum absolute atomic E-state index is 0.000378. The largest absolute Gasteiger partial charge is 0.469 e. The molecular weight excluding hydrogens is 305 g/mol. The zero-order chi connectivity index (χ0) is 14.7. The Bertz CT molecular complexity index is 539. The second-order valence-electron chi connectivity index (χ2n) is 4.49. The van der Waals surface area contributed by atoms with Crippen LogP contribution in [-0.2, 0) is 9.53 Å². The molecule has 6 nitrogen and oxygen atoms in total. The lowest BCUT2D eigenvalue weighted by Gasteiger charge is -2.31. The fraction of sp³-hybridized carbons (Fsp3) is 0.500. The van der Waals surface area contributed by atoms with E-state index in [4.69, 9.17) is 27.9 Å². The summed E-state index contributed by atoms with van der Waals surface area (Å²) in [5.41, 5.74) is 0.192. The van der Waals surface area contributed by atoms with Crippen molar-refractivity contribution in [2.45, 2.75) is 12.8 Å². The van der Waals surface area contributed by atoms with Crippen LogP contribution in [0.25, 0.3) is 0 Å². The minimum atomic E-state index is -0.306. The van der Waals surface area contributed by atoms with E-state index in [1.165, 1.54) is 13.2 Å². The topological polar surface area (TPSA) is 72.4 Å². The highest BCUT2D eigenvalue weighted by atomic mass is 35.5. The molecule has 20 heavy (non-hydrogen) atoms. The first-order valence-electron chi connectivity index (χ1n) is 6.08. The van der Waals surface area contributed by atoms with Gasteiger partial charge >= 0.3 is 5.97 Å². The maximum absolute atomic E-state index is 12.4. The molecule has 1 saturated heterocycles. The number of rotatable bonds is 2. The van der Waals surface area contributed by atoms with E-state index in [-0.39, 0.29) is 33.7 Å². The fourth-order valence-electron chi connectivity index (χ4n) is 2.19. The number of carbonyl (C=O) groups is 2. The quantitative estimate of drug-likeness (QED) is 0.778. The van der Waals surface area contributed by atoms with Crippen molar-refractivity contribution in [2.75, 3.05) is 20.2 Å². The number of esters is 1. The van der Waals surface area contributed by atoms with E-state index in [1.807, 2.05) is 0 Å². The van der Waals surface area contributed by atoms with Crippen LogP contribution >= 0.6 is 23.2 Å². The summed E-state index contributed by atoms with van der Waals surface area (Å²) in [6.07, 6.45) is 1.44. The summed E-state index contributed by atoms with van der Waals surface area (Å²) in [7, 11) is 1.34. The van der Waals surface area contributed by atoms with Crippen molar-refractivity contribution >= 4 is 35.1 Å². The van der Waals surface area contributed by atoms with Crippen LogP contribution in [0.4, 0.5) is 0 Å². The maximum atomic E-state index is 12.4. The Morgan fingerprint density at radius 1 is 1.40 bits per heavy atom. The Balaban J connectivity index is 2.16. The van der Waals surface area contributed by atoms with E-state index >= 15 is 0 Å². The van der Waals surface area contributed by atoms with Crippen LogP contribution in [-0.4, -0.2) is 47.2 Å². The average Bonchev–Trinajstić information content (AvgIpc) is 2.48. The Morgan fingerprint density at radius 2 is 2.15 bits per heavy atom. The van der Waals surface area contributed by atoms with Gasteiger partial charge in [-0.2, -0.15) is 0 Å². The molecule has 1 fully saturated rings.